The van der Waals surface area contributed by atoms with Crippen molar-refractivity contribution in [1.82, 2.24) is 19.7 Å². The van der Waals surface area contributed by atoms with Crippen LogP contribution in [0.1, 0.15) is 24.7 Å². The lowest BCUT2D eigenvalue weighted by molar-refractivity contribution is -0.116. The zero-order chi connectivity index (χ0) is 17.6. The minimum Gasteiger partial charge on any atom is -0.326 e. The Balaban J connectivity index is 1.66. The maximum absolute atomic E-state index is 12.2. The van der Waals surface area contributed by atoms with Crippen LogP contribution in [0.2, 0.25) is 0 Å². The molecule has 1 aromatic carbocycles. The smallest absolute Gasteiger partial charge is 0.224 e. The molecule has 6 heteroatoms. The molecule has 0 saturated heterocycles. The number of carbonyl (C=O) groups excluding carboxylic acids is 1. The summed E-state index contributed by atoms with van der Waals surface area (Å²) in [6.45, 7) is 4.80. The molecule has 3 rings (SSSR count). The Hall–Kier alpha value is -3.02. The highest BCUT2D eigenvalue weighted by Gasteiger charge is 2.14. The molecule has 128 valence electrons. The number of nitrogens with zero attached hydrogens (tertiary/aromatic N) is 4. The molecular formula is C19H21N5O. The van der Waals surface area contributed by atoms with Crippen LogP contribution in [-0.4, -0.2) is 25.7 Å². The molecule has 0 unspecified atom stereocenters. The van der Waals surface area contributed by atoms with Crippen molar-refractivity contribution in [2.75, 3.05) is 5.32 Å². The van der Waals surface area contributed by atoms with E-state index in [1.165, 1.54) is 0 Å². The minimum absolute atomic E-state index is 0.0302. The molecule has 2 aromatic heterocycles. The normalized spacial score (nSPS) is 10.6. The first-order valence-electron chi connectivity index (χ1n) is 8.36. The zero-order valence-corrected chi connectivity index (χ0v) is 14.4. The maximum Gasteiger partial charge on any atom is 0.224 e. The Labute approximate surface area is 146 Å². The summed E-state index contributed by atoms with van der Waals surface area (Å²) in [6.07, 6.45) is 4.40. The highest BCUT2D eigenvalue weighted by Crippen LogP contribution is 2.18. The highest BCUT2D eigenvalue weighted by atomic mass is 16.1. The van der Waals surface area contributed by atoms with Crippen molar-refractivity contribution < 1.29 is 4.79 Å². The first-order chi connectivity index (χ1) is 12.2. The number of amides is 1. The first-order valence-corrected chi connectivity index (χ1v) is 8.36. The average Bonchev–Trinajstić information content (AvgIpc) is 3.05. The second-order valence-corrected chi connectivity index (χ2v) is 5.84. The molecule has 0 saturated carbocycles. The Morgan fingerprint density at radius 1 is 1.16 bits per heavy atom. The van der Waals surface area contributed by atoms with Crippen LogP contribution >= 0.6 is 0 Å². The third-order valence-corrected chi connectivity index (χ3v) is 3.97. The Bertz CT molecular complexity index is 840. The molecule has 0 aliphatic carbocycles. The van der Waals surface area contributed by atoms with Gasteiger partial charge >= 0.3 is 0 Å². The summed E-state index contributed by atoms with van der Waals surface area (Å²) < 4.78 is 2.02. The molecule has 0 aliphatic heterocycles. The van der Waals surface area contributed by atoms with Crippen molar-refractivity contribution in [1.29, 1.82) is 0 Å². The summed E-state index contributed by atoms with van der Waals surface area (Å²) in [5.74, 6) is 1.56. The summed E-state index contributed by atoms with van der Waals surface area (Å²) in [7, 11) is 0. The third-order valence-electron chi connectivity index (χ3n) is 3.97. The second kappa shape index (κ2) is 7.70. The average molecular weight is 335 g/mol. The van der Waals surface area contributed by atoms with Crippen molar-refractivity contribution in [3.63, 3.8) is 0 Å². The van der Waals surface area contributed by atoms with E-state index in [-0.39, 0.29) is 5.91 Å². The minimum atomic E-state index is -0.0302. The van der Waals surface area contributed by atoms with Gasteiger partial charge in [0.25, 0.3) is 0 Å². The fraction of sp³-hybridized carbons (Fsp3) is 0.263. The predicted molar refractivity (Wildman–Crippen MR) is 97.1 cm³/mol. The number of hydrogen-bond acceptors (Lipinski definition) is 4. The van der Waals surface area contributed by atoms with Crippen molar-refractivity contribution in [3.05, 3.63) is 60.2 Å². The molecule has 2 heterocycles. The van der Waals surface area contributed by atoms with Gasteiger partial charge in [-0.1, -0.05) is 17.7 Å². The molecule has 0 spiro atoms. The van der Waals surface area contributed by atoms with Crippen molar-refractivity contribution in [2.45, 2.75) is 33.2 Å². The van der Waals surface area contributed by atoms with Crippen LogP contribution in [-0.2, 0) is 17.8 Å². The van der Waals surface area contributed by atoms with Gasteiger partial charge in [0.15, 0.2) is 5.82 Å². The number of aromatic nitrogens is 4. The quantitative estimate of drug-likeness (QED) is 0.750. The molecule has 1 amide bonds. The Kier molecular flexibility index (Phi) is 5.18. The zero-order valence-electron chi connectivity index (χ0n) is 14.4. The molecule has 3 aromatic rings. The number of anilines is 1. The standard InChI is InChI=1S/C19H21N5O/c1-3-24-17(22-23-19(24)15-5-4-12-20-13-15)10-11-18(25)21-16-8-6-14(2)7-9-16/h4-9,12-13H,3,10-11H2,1-2H3,(H,21,25). The number of rotatable bonds is 6. The van der Waals surface area contributed by atoms with Crippen LogP contribution < -0.4 is 5.32 Å². The molecule has 0 bridgehead atoms. The van der Waals surface area contributed by atoms with Gasteiger partial charge in [0.2, 0.25) is 5.91 Å². The van der Waals surface area contributed by atoms with Crippen LogP contribution in [0.15, 0.2) is 48.8 Å². The highest BCUT2D eigenvalue weighted by molar-refractivity contribution is 5.90. The summed E-state index contributed by atoms with van der Waals surface area (Å²) in [6, 6.07) is 11.6. The SMILES string of the molecule is CCn1c(CCC(=O)Nc2ccc(C)cc2)nnc1-c1cccnc1. The number of aryl methyl sites for hydroxylation is 2. The fourth-order valence-electron chi connectivity index (χ4n) is 2.65. The van der Waals surface area contributed by atoms with Gasteiger partial charge in [-0.15, -0.1) is 10.2 Å². The molecular weight excluding hydrogens is 314 g/mol. The van der Waals surface area contributed by atoms with E-state index in [1.54, 1.807) is 12.4 Å². The molecule has 0 aliphatic rings. The summed E-state index contributed by atoms with van der Waals surface area (Å²) in [5.41, 5.74) is 2.90. The van der Waals surface area contributed by atoms with Gasteiger partial charge in [-0.05, 0) is 38.1 Å². The van der Waals surface area contributed by atoms with E-state index in [9.17, 15) is 4.79 Å². The lowest BCUT2D eigenvalue weighted by Gasteiger charge is -2.08. The summed E-state index contributed by atoms with van der Waals surface area (Å²) in [4.78, 5) is 16.3. The summed E-state index contributed by atoms with van der Waals surface area (Å²) >= 11 is 0. The van der Waals surface area contributed by atoms with Crippen molar-refractivity contribution in [3.8, 4) is 11.4 Å². The van der Waals surface area contributed by atoms with Crippen LogP contribution in [0.5, 0.6) is 0 Å². The van der Waals surface area contributed by atoms with Crippen LogP contribution in [0.4, 0.5) is 5.69 Å². The number of benzene rings is 1. The molecule has 6 nitrogen and oxygen atoms in total. The largest absolute Gasteiger partial charge is 0.326 e. The van der Waals surface area contributed by atoms with Gasteiger partial charge in [-0.25, -0.2) is 0 Å². The van der Waals surface area contributed by atoms with Gasteiger partial charge in [0.05, 0.1) is 0 Å². The summed E-state index contributed by atoms with van der Waals surface area (Å²) in [5, 5.41) is 11.4. The van der Waals surface area contributed by atoms with E-state index in [1.807, 2.05) is 54.8 Å². The van der Waals surface area contributed by atoms with Crippen LogP contribution in [0.25, 0.3) is 11.4 Å². The number of carbonyl (C=O) groups is 1. The van der Waals surface area contributed by atoms with Crippen LogP contribution in [0, 0.1) is 6.92 Å². The molecule has 0 fully saturated rings. The predicted octanol–water partition coefficient (Wildman–Crippen LogP) is 3.24. The van der Waals surface area contributed by atoms with Gasteiger partial charge in [-0.2, -0.15) is 0 Å². The van der Waals surface area contributed by atoms with Crippen LogP contribution in [0.3, 0.4) is 0 Å². The van der Waals surface area contributed by atoms with E-state index >= 15 is 0 Å². The van der Waals surface area contributed by atoms with Gasteiger partial charge in [0.1, 0.15) is 5.82 Å². The fourth-order valence-corrected chi connectivity index (χ4v) is 2.65. The third kappa shape index (κ3) is 4.09. The van der Waals surface area contributed by atoms with E-state index < -0.39 is 0 Å². The topological polar surface area (TPSA) is 72.7 Å². The number of pyridine rings is 1. The molecule has 1 N–H and O–H groups in total. The monoisotopic (exact) mass is 335 g/mol. The lowest BCUT2D eigenvalue weighted by atomic mass is 10.2. The van der Waals surface area contributed by atoms with E-state index in [0.717, 1.165) is 35.0 Å². The molecule has 0 atom stereocenters. The second-order valence-electron chi connectivity index (χ2n) is 5.84. The van der Waals surface area contributed by atoms with E-state index in [4.69, 9.17) is 0 Å². The van der Waals surface area contributed by atoms with Crippen molar-refractivity contribution in [2.24, 2.45) is 0 Å². The van der Waals surface area contributed by atoms with Gasteiger partial charge < -0.3 is 9.88 Å². The van der Waals surface area contributed by atoms with Gasteiger partial charge in [0, 0.05) is 43.0 Å². The first kappa shape index (κ1) is 16.8. The van der Waals surface area contributed by atoms with E-state index in [2.05, 4.69) is 20.5 Å². The Morgan fingerprint density at radius 3 is 2.64 bits per heavy atom. The number of hydrogen-bond donors (Lipinski definition) is 1. The Morgan fingerprint density at radius 2 is 1.96 bits per heavy atom. The lowest BCUT2D eigenvalue weighted by Crippen LogP contribution is -2.14. The van der Waals surface area contributed by atoms with Gasteiger partial charge in [-0.3, -0.25) is 9.78 Å². The molecule has 25 heavy (non-hydrogen) atoms. The molecule has 0 radical (unpaired) electrons. The number of nitrogens with one attached hydrogen (secondary N) is 1. The van der Waals surface area contributed by atoms with E-state index in [0.29, 0.717) is 12.8 Å². The maximum atomic E-state index is 12.2. The van der Waals surface area contributed by atoms with Crippen molar-refractivity contribution >= 4 is 11.6 Å².